The number of ether oxygens (including phenoxy) is 1. The molecule has 0 fully saturated rings. The van der Waals surface area contributed by atoms with Crippen molar-refractivity contribution < 1.29 is 4.74 Å². The molecule has 0 saturated heterocycles. The van der Waals surface area contributed by atoms with Gasteiger partial charge in [0, 0.05) is 16.5 Å². The van der Waals surface area contributed by atoms with Crippen LogP contribution >= 0.6 is 11.3 Å². The van der Waals surface area contributed by atoms with Crippen LogP contribution < -0.4 is 10.3 Å². The molecule has 2 aromatic heterocycles. The molecule has 0 radical (unpaired) electrons. The van der Waals surface area contributed by atoms with E-state index in [1.165, 1.54) is 0 Å². The van der Waals surface area contributed by atoms with Crippen LogP contribution in [0.2, 0.25) is 0 Å². The second-order valence-electron chi connectivity index (χ2n) is 4.59. The van der Waals surface area contributed by atoms with Gasteiger partial charge >= 0.3 is 0 Å². The molecule has 4 nitrogen and oxygen atoms in total. The predicted molar refractivity (Wildman–Crippen MR) is 82.9 cm³/mol. The monoisotopic (exact) mass is 296 g/mol. The first-order valence-electron chi connectivity index (χ1n) is 6.36. The van der Waals surface area contributed by atoms with Crippen LogP contribution in [0.5, 0.6) is 5.75 Å². The molecule has 0 aliphatic carbocycles. The second kappa shape index (κ2) is 5.43. The third-order valence-electron chi connectivity index (χ3n) is 3.35. The molecule has 0 N–H and O–H groups in total. The number of benzene rings is 1. The Hall–Kier alpha value is -2.58. The van der Waals surface area contributed by atoms with E-state index in [1.807, 2.05) is 23.6 Å². The Balaban J connectivity index is 2.04. The highest BCUT2D eigenvalue weighted by Gasteiger charge is 2.08. The Morgan fingerprint density at radius 2 is 2.19 bits per heavy atom. The highest BCUT2D eigenvalue weighted by molar-refractivity contribution is 7.17. The van der Waals surface area contributed by atoms with Gasteiger partial charge in [-0.25, -0.2) is 0 Å². The molecule has 1 aromatic carbocycles. The van der Waals surface area contributed by atoms with Gasteiger partial charge in [-0.15, -0.1) is 11.3 Å². The van der Waals surface area contributed by atoms with Gasteiger partial charge in [0.25, 0.3) is 5.56 Å². The fourth-order valence-corrected chi connectivity index (χ4v) is 3.03. The first-order chi connectivity index (χ1) is 10.2. The Labute approximate surface area is 125 Å². The number of aromatic nitrogens is 1. The van der Waals surface area contributed by atoms with Gasteiger partial charge in [0.15, 0.2) is 0 Å². The lowest BCUT2D eigenvalue weighted by Gasteiger charge is -2.10. The Kier molecular flexibility index (Phi) is 3.46. The van der Waals surface area contributed by atoms with Crippen LogP contribution in [-0.4, -0.2) is 11.7 Å². The van der Waals surface area contributed by atoms with E-state index in [-0.39, 0.29) is 5.56 Å². The van der Waals surface area contributed by atoms with Gasteiger partial charge in [-0.3, -0.25) is 4.79 Å². The van der Waals surface area contributed by atoms with Crippen LogP contribution in [0.3, 0.4) is 0 Å². The van der Waals surface area contributed by atoms with Crippen molar-refractivity contribution in [3.63, 3.8) is 0 Å². The number of pyridine rings is 1. The van der Waals surface area contributed by atoms with Gasteiger partial charge in [0.05, 0.1) is 30.7 Å². The number of nitriles is 1. The zero-order valence-corrected chi connectivity index (χ0v) is 12.2. The Bertz CT molecular complexity index is 903. The van der Waals surface area contributed by atoms with Crippen LogP contribution in [0.1, 0.15) is 11.1 Å². The molecule has 0 atom stereocenters. The van der Waals surface area contributed by atoms with Crippen molar-refractivity contribution in [1.82, 2.24) is 4.57 Å². The minimum atomic E-state index is -0.0137. The van der Waals surface area contributed by atoms with E-state index in [9.17, 15) is 4.79 Å². The molecule has 0 saturated carbocycles. The van der Waals surface area contributed by atoms with Crippen molar-refractivity contribution in [1.29, 1.82) is 5.26 Å². The number of thiophene rings is 1. The number of hydrogen-bond donors (Lipinski definition) is 0. The minimum absolute atomic E-state index is 0.0137. The first kappa shape index (κ1) is 13.4. The molecule has 0 unspecified atom stereocenters. The largest absolute Gasteiger partial charge is 0.496 e. The summed E-state index contributed by atoms with van der Waals surface area (Å²) < 4.78 is 7.95. The van der Waals surface area contributed by atoms with Crippen LogP contribution in [0.15, 0.2) is 46.7 Å². The summed E-state index contributed by atoms with van der Waals surface area (Å²) in [5.74, 6) is 0.617. The molecule has 3 rings (SSSR count). The van der Waals surface area contributed by atoms with Crippen molar-refractivity contribution in [3.8, 4) is 11.8 Å². The number of methoxy groups -OCH3 is 1. The maximum absolute atomic E-state index is 12.4. The summed E-state index contributed by atoms with van der Waals surface area (Å²) in [7, 11) is 1.56. The van der Waals surface area contributed by atoms with Crippen LogP contribution in [-0.2, 0) is 6.54 Å². The molecular formula is C16H12N2O2S. The predicted octanol–water partition coefficient (Wildman–Crippen LogP) is 2.99. The fraction of sp³-hybridized carbons (Fsp3) is 0.125. The number of fused-ring (bicyclic) bond motifs is 1. The summed E-state index contributed by atoms with van der Waals surface area (Å²) in [5.41, 5.74) is 1.39. The zero-order chi connectivity index (χ0) is 14.8. The summed E-state index contributed by atoms with van der Waals surface area (Å²) in [4.78, 5) is 12.4. The molecular weight excluding hydrogens is 284 g/mol. The van der Waals surface area contributed by atoms with Gasteiger partial charge in [0.1, 0.15) is 5.75 Å². The molecule has 0 bridgehead atoms. The third-order valence-corrected chi connectivity index (χ3v) is 4.23. The third kappa shape index (κ3) is 2.41. The van der Waals surface area contributed by atoms with Gasteiger partial charge in [-0.2, -0.15) is 5.26 Å². The molecule has 104 valence electrons. The lowest BCUT2D eigenvalue weighted by Crippen LogP contribution is -2.19. The van der Waals surface area contributed by atoms with Gasteiger partial charge in [-0.1, -0.05) is 6.07 Å². The van der Waals surface area contributed by atoms with E-state index in [4.69, 9.17) is 10.00 Å². The van der Waals surface area contributed by atoms with Crippen molar-refractivity contribution in [2.45, 2.75) is 6.54 Å². The summed E-state index contributed by atoms with van der Waals surface area (Å²) in [6.45, 7) is 0.416. The van der Waals surface area contributed by atoms with E-state index in [1.54, 1.807) is 41.3 Å². The van der Waals surface area contributed by atoms with E-state index >= 15 is 0 Å². The molecule has 21 heavy (non-hydrogen) atoms. The summed E-state index contributed by atoms with van der Waals surface area (Å²) in [6.07, 6.45) is 1.79. The number of hydrogen-bond acceptors (Lipinski definition) is 4. The van der Waals surface area contributed by atoms with Gasteiger partial charge in [-0.05, 0) is 29.6 Å². The molecule has 0 spiro atoms. The number of rotatable bonds is 3. The van der Waals surface area contributed by atoms with Crippen molar-refractivity contribution >= 4 is 21.4 Å². The molecule has 3 aromatic rings. The molecule has 0 amide bonds. The summed E-state index contributed by atoms with van der Waals surface area (Å²) >= 11 is 1.56. The van der Waals surface area contributed by atoms with Crippen LogP contribution in [0.25, 0.3) is 10.1 Å². The number of nitrogens with zero attached hydrogens (tertiary/aromatic N) is 2. The Morgan fingerprint density at radius 3 is 2.95 bits per heavy atom. The average Bonchev–Trinajstić information content (AvgIpc) is 2.99. The second-order valence-corrected chi connectivity index (χ2v) is 5.53. The minimum Gasteiger partial charge on any atom is -0.496 e. The Morgan fingerprint density at radius 1 is 1.33 bits per heavy atom. The normalized spacial score (nSPS) is 10.5. The summed E-state index contributed by atoms with van der Waals surface area (Å²) in [6, 6.07) is 11.1. The SMILES string of the molecule is COc1cc(C#N)ccc1Cn1ccc2sccc2c1=O. The lowest BCUT2D eigenvalue weighted by molar-refractivity contribution is 0.408. The molecule has 2 heterocycles. The standard InChI is InChI=1S/C16H12N2O2S/c1-20-14-8-11(9-17)2-3-12(14)10-18-6-4-15-13(16(18)19)5-7-21-15/h2-8H,10H2,1H3. The van der Waals surface area contributed by atoms with Gasteiger partial charge < -0.3 is 9.30 Å². The highest BCUT2D eigenvalue weighted by Crippen LogP contribution is 2.22. The highest BCUT2D eigenvalue weighted by atomic mass is 32.1. The van der Waals surface area contributed by atoms with E-state index in [0.29, 0.717) is 17.9 Å². The van der Waals surface area contributed by atoms with Crippen LogP contribution in [0, 0.1) is 11.3 Å². The van der Waals surface area contributed by atoms with Crippen molar-refractivity contribution in [2.75, 3.05) is 7.11 Å². The van der Waals surface area contributed by atoms with E-state index in [0.717, 1.165) is 15.6 Å². The topological polar surface area (TPSA) is 55.0 Å². The van der Waals surface area contributed by atoms with Crippen molar-refractivity contribution in [3.05, 3.63) is 63.4 Å². The molecule has 5 heteroatoms. The maximum atomic E-state index is 12.4. The first-order valence-corrected chi connectivity index (χ1v) is 7.24. The van der Waals surface area contributed by atoms with E-state index < -0.39 is 0 Å². The lowest BCUT2D eigenvalue weighted by atomic mass is 10.1. The smallest absolute Gasteiger partial charge is 0.259 e. The molecule has 0 aliphatic heterocycles. The van der Waals surface area contributed by atoms with Crippen molar-refractivity contribution in [2.24, 2.45) is 0 Å². The zero-order valence-electron chi connectivity index (χ0n) is 11.4. The summed E-state index contributed by atoms with van der Waals surface area (Å²) in [5, 5.41) is 11.6. The average molecular weight is 296 g/mol. The quantitative estimate of drug-likeness (QED) is 0.746. The fourth-order valence-electron chi connectivity index (χ4n) is 2.26. The van der Waals surface area contributed by atoms with E-state index in [2.05, 4.69) is 6.07 Å². The van der Waals surface area contributed by atoms with Crippen LogP contribution in [0.4, 0.5) is 0 Å². The maximum Gasteiger partial charge on any atom is 0.259 e. The van der Waals surface area contributed by atoms with Gasteiger partial charge in [0.2, 0.25) is 0 Å². The molecule has 0 aliphatic rings.